The Hall–Kier alpha value is -2.88. The van der Waals surface area contributed by atoms with Crippen molar-refractivity contribution < 1.29 is 14.3 Å². The minimum Gasteiger partial charge on any atom is -0.497 e. The number of ether oxygens (including phenoxy) is 2. The number of aryl methyl sites for hydroxylation is 2. The van der Waals surface area contributed by atoms with Gasteiger partial charge >= 0.3 is 5.97 Å². The lowest BCUT2D eigenvalue weighted by Crippen LogP contribution is -2.05. The van der Waals surface area contributed by atoms with Gasteiger partial charge in [0.1, 0.15) is 5.75 Å². The van der Waals surface area contributed by atoms with Crippen LogP contribution in [0.15, 0.2) is 53.2 Å². The number of carbonyl (C=O) groups excluding carboxylic acids is 1. The van der Waals surface area contributed by atoms with Crippen molar-refractivity contribution in [2.24, 2.45) is 4.99 Å². The van der Waals surface area contributed by atoms with Crippen LogP contribution < -0.4 is 4.74 Å². The number of benzene rings is 2. The Morgan fingerprint density at radius 3 is 2.52 bits per heavy atom. The predicted octanol–water partition coefficient (Wildman–Crippen LogP) is 3.66. The van der Waals surface area contributed by atoms with Crippen LogP contribution in [-0.4, -0.2) is 19.0 Å². The van der Waals surface area contributed by atoms with Gasteiger partial charge in [0.15, 0.2) is 5.70 Å². The van der Waals surface area contributed by atoms with E-state index < -0.39 is 5.97 Å². The van der Waals surface area contributed by atoms with E-state index in [0.717, 1.165) is 28.0 Å². The van der Waals surface area contributed by atoms with E-state index in [4.69, 9.17) is 9.47 Å². The summed E-state index contributed by atoms with van der Waals surface area (Å²) in [5.74, 6) is 0.627. The summed E-state index contributed by atoms with van der Waals surface area (Å²) < 4.78 is 10.5. The fraction of sp³-hybridized carbons (Fsp3) is 0.158. The van der Waals surface area contributed by atoms with Crippen LogP contribution in [0, 0.1) is 13.8 Å². The topological polar surface area (TPSA) is 47.9 Å². The lowest BCUT2D eigenvalue weighted by atomic mass is 10.1. The molecule has 2 aromatic rings. The number of carbonyl (C=O) groups is 1. The molecule has 1 aliphatic heterocycles. The van der Waals surface area contributed by atoms with Gasteiger partial charge in [0.2, 0.25) is 5.90 Å². The maximum atomic E-state index is 12.1. The Balaban J connectivity index is 1.96. The second kappa shape index (κ2) is 6.08. The van der Waals surface area contributed by atoms with Crippen molar-refractivity contribution >= 4 is 17.9 Å². The van der Waals surface area contributed by atoms with Crippen molar-refractivity contribution in [1.82, 2.24) is 0 Å². The standard InChI is InChI=1S/C19H17NO3/c1-12-7-13(2)9-15(8-12)18-20-17(19(21)23-18)11-14-5-4-6-16(10-14)22-3/h4-11H,1-3H3/b17-11-. The van der Waals surface area contributed by atoms with Gasteiger partial charge < -0.3 is 9.47 Å². The van der Waals surface area contributed by atoms with Crippen LogP contribution in [0.25, 0.3) is 6.08 Å². The first kappa shape index (κ1) is 15.0. The van der Waals surface area contributed by atoms with Gasteiger partial charge in [-0.05, 0) is 49.8 Å². The molecule has 0 radical (unpaired) electrons. The molecule has 0 atom stereocenters. The molecule has 0 saturated carbocycles. The van der Waals surface area contributed by atoms with Gasteiger partial charge in [-0.2, -0.15) is 0 Å². The van der Waals surface area contributed by atoms with E-state index in [-0.39, 0.29) is 5.70 Å². The van der Waals surface area contributed by atoms with E-state index in [2.05, 4.69) is 11.1 Å². The number of hydrogen-bond acceptors (Lipinski definition) is 4. The van der Waals surface area contributed by atoms with Gasteiger partial charge in [-0.15, -0.1) is 0 Å². The first-order chi connectivity index (χ1) is 11.0. The molecule has 0 amide bonds. The number of aliphatic imine (C=N–C) groups is 1. The second-order valence-corrected chi connectivity index (χ2v) is 5.49. The molecule has 0 unspecified atom stereocenters. The van der Waals surface area contributed by atoms with Crippen molar-refractivity contribution in [3.63, 3.8) is 0 Å². The van der Waals surface area contributed by atoms with Crippen LogP contribution in [0.3, 0.4) is 0 Å². The molecule has 0 saturated heterocycles. The fourth-order valence-corrected chi connectivity index (χ4v) is 2.52. The van der Waals surface area contributed by atoms with E-state index in [0.29, 0.717) is 5.90 Å². The predicted molar refractivity (Wildman–Crippen MR) is 89.5 cm³/mol. The van der Waals surface area contributed by atoms with Crippen molar-refractivity contribution in [2.75, 3.05) is 7.11 Å². The molecule has 0 spiro atoms. The number of methoxy groups -OCH3 is 1. The van der Waals surface area contributed by atoms with Gasteiger partial charge in [-0.1, -0.05) is 29.3 Å². The normalized spacial score (nSPS) is 15.5. The molecule has 2 aromatic carbocycles. The average molecular weight is 307 g/mol. The molecule has 0 fully saturated rings. The molecule has 4 nitrogen and oxygen atoms in total. The molecule has 3 rings (SSSR count). The zero-order valence-electron chi connectivity index (χ0n) is 13.3. The van der Waals surface area contributed by atoms with Gasteiger partial charge in [0.05, 0.1) is 7.11 Å². The summed E-state index contributed by atoms with van der Waals surface area (Å²) in [6, 6.07) is 13.4. The van der Waals surface area contributed by atoms with Crippen molar-refractivity contribution in [3.8, 4) is 5.75 Å². The Morgan fingerprint density at radius 2 is 1.83 bits per heavy atom. The molecule has 0 aromatic heterocycles. The molecular weight excluding hydrogens is 290 g/mol. The maximum Gasteiger partial charge on any atom is 0.363 e. The van der Waals surface area contributed by atoms with E-state index in [1.165, 1.54) is 0 Å². The molecule has 0 aliphatic carbocycles. The zero-order chi connectivity index (χ0) is 16.4. The Labute approximate surface area is 135 Å². The summed E-state index contributed by atoms with van der Waals surface area (Å²) in [5, 5.41) is 0. The number of hydrogen-bond donors (Lipinski definition) is 0. The van der Waals surface area contributed by atoms with Crippen LogP contribution in [0.2, 0.25) is 0 Å². The molecular formula is C19H17NO3. The Kier molecular flexibility index (Phi) is 3.98. The molecule has 23 heavy (non-hydrogen) atoms. The van der Waals surface area contributed by atoms with Crippen LogP contribution in [0.4, 0.5) is 0 Å². The van der Waals surface area contributed by atoms with Gasteiger partial charge in [-0.3, -0.25) is 0 Å². The SMILES string of the molecule is COc1cccc(/C=C2\N=C(c3cc(C)cc(C)c3)OC2=O)c1. The number of esters is 1. The highest BCUT2D eigenvalue weighted by atomic mass is 16.6. The van der Waals surface area contributed by atoms with Gasteiger partial charge in [-0.25, -0.2) is 9.79 Å². The largest absolute Gasteiger partial charge is 0.497 e. The monoisotopic (exact) mass is 307 g/mol. The lowest BCUT2D eigenvalue weighted by Gasteiger charge is -2.03. The van der Waals surface area contributed by atoms with Crippen molar-refractivity contribution in [3.05, 3.63) is 70.4 Å². The van der Waals surface area contributed by atoms with E-state index >= 15 is 0 Å². The minimum absolute atomic E-state index is 0.285. The van der Waals surface area contributed by atoms with Crippen LogP contribution in [0.5, 0.6) is 5.75 Å². The first-order valence-corrected chi connectivity index (χ1v) is 7.30. The average Bonchev–Trinajstić information content (AvgIpc) is 2.88. The summed E-state index contributed by atoms with van der Waals surface area (Å²) in [7, 11) is 1.60. The number of nitrogens with zero attached hydrogens (tertiary/aromatic N) is 1. The van der Waals surface area contributed by atoms with E-state index in [1.807, 2.05) is 50.2 Å². The molecule has 116 valence electrons. The second-order valence-electron chi connectivity index (χ2n) is 5.49. The molecule has 1 heterocycles. The molecule has 4 heteroatoms. The number of cyclic esters (lactones) is 1. The smallest absolute Gasteiger partial charge is 0.363 e. The minimum atomic E-state index is -0.443. The quantitative estimate of drug-likeness (QED) is 0.642. The maximum absolute atomic E-state index is 12.1. The Bertz CT molecular complexity index is 814. The first-order valence-electron chi connectivity index (χ1n) is 7.30. The number of rotatable bonds is 3. The van der Waals surface area contributed by atoms with E-state index in [1.54, 1.807) is 13.2 Å². The van der Waals surface area contributed by atoms with Gasteiger partial charge in [0, 0.05) is 5.56 Å². The Morgan fingerprint density at radius 1 is 1.09 bits per heavy atom. The van der Waals surface area contributed by atoms with Crippen LogP contribution in [-0.2, 0) is 9.53 Å². The third kappa shape index (κ3) is 3.31. The molecule has 0 N–H and O–H groups in total. The van der Waals surface area contributed by atoms with Crippen LogP contribution >= 0.6 is 0 Å². The van der Waals surface area contributed by atoms with Crippen LogP contribution in [0.1, 0.15) is 22.3 Å². The highest BCUT2D eigenvalue weighted by Crippen LogP contribution is 2.22. The lowest BCUT2D eigenvalue weighted by molar-refractivity contribution is -0.129. The summed E-state index contributed by atoms with van der Waals surface area (Å²) >= 11 is 0. The highest BCUT2D eigenvalue weighted by molar-refractivity contribution is 6.13. The highest BCUT2D eigenvalue weighted by Gasteiger charge is 2.24. The summed E-state index contributed by atoms with van der Waals surface area (Å²) in [6.45, 7) is 4.00. The summed E-state index contributed by atoms with van der Waals surface area (Å²) in [6.07, 6.45) is 1.69. The third-order valence-electron chi connectivity index (χ3n) is 3.49. The molecule has 0 bridgehead atoms. The molecule has 1 aliphatic rings. The summed E-state index contributed by atoms with van der Waals surface area (Å²) in [4.78, 5) is 16.4. The van der Waals surface area contributed by atoms with E-state index in [9.17, 15) is 4.79 Å². The third-order valence-corrected chi connectivity index (χ3v) is 3.49. The summed E-state index contributed by atoms with van der Waals surface area (Å²) in [5.41, 5.74) is 4.13. The van der Waals surface area contributed by atoms with Gasteiger partial charge in [0.25, 0.3) is 0 Å². The fourth-order valence-electron chi connectivity index (χ4n) is 2.52. The van der Waals surface area contributed by atoms with Crippen molar-refractivity contribution in [1.29, 1.82) is 0 Å². The van der Waals surface area contributed by atoms with Crippen molar-refractivity contribution in [2.45, 2.75) is 13.8 Å². The zero-order valence-corrected chi connectivity index (χ0v) is 13.3.